The number of hydrogen-bond donors (Lipinski definition) is 0. The number of esters is 1. The molecule has 29 heavy (non-hydrogen) atoms. The molecule has 3 nitrogen and oxygen atoms in total. The van der Waals surface area contributed by atoms with Gasteiger partial charge in [0.05, 0.1) is 12.2 Å². The smallest absolute Gasteiger partial charge is 0.306 e. The van der Waals surface area contributed by atoms with Gasteiger partial charge in [0.25, 0.3) is 0 Å². The molecule has 0 amide bonds. The summed E-state index contributed by atoms with van der Waals surface area (Å²) in [5.74, 6) is -0.0143. The largest absolute Gasteiger partial charge is 0.463 e. The van der Waals surface area contributed by atoms with Gasteiger partial charge in [-0.1, -0.05) is 96.8 Å². The predicted molar refractivity (Wildman–Crippen MR) is 123 cm³/mol. The van der Waals surface area contributed by atoms with E-state index in [1.165, 1.54) is 96.3 Å². The van der Waals surface area contributed by atoms with Gasteiger partial charge in [0.15, 0.2) is 0 Å². The molecule has 0 radical (unpaired) electrons. The number of carbonyl (C=O) groups excluding carboxylic acids is 1. The van der Waals surface area contributed by atoms with Crippen LogP contribution in [0.1, 0.15) is 142 Å². The lowest BCUT2D eigenvalue weighted by atomic mass is 10.0. The lowest BCUT2D eigenvalue weighted by Crippen LogP contribution is -2.17. The summed E-state index contributed by atoms with van der Waals surface area (Å²) < 4.78 is 11.2. The highest BCUT2D eigenvalue weighted by molar-refractivity contribution is 5.69. The van der Waals surface area contributed by atoms with Crippen molar-refractivity contribution in [2.24, 2.45) is 0 Å². The fourth-order valence-corrected chi connectivity index (χ4v) is 4.28. The first-order valence-electron chi connectivity index (χ1n) is 13.0. The lowest BCUT2D eigenvalue weighted by Gasteiger charge is -2.15. The Balaban J connectivity index is 1.77. The quantitative estimate of drug-likeness (QED) is 0.150. The van der Waals surface area contributed by atoms with Crippen molar-refractivity contribution in [3.8, 4) is 0 Å². The average molecular weight is 411 g/mol. The molecule has 1 rings (SSSR count). The van der Waals surface area contributed by atoms with Gasteiger partial charge in [-0.2, -0.15) is 0 Å². The van der Waals surface area contributed by atoms with Gasteiger partial charge in [-0.3, -0.25) is 4.79 Å². The van der Waals surface area contributed by atoms with Crippen molar-refractivity contribution in [1.82, 2.24) is 0 Å². The van der Waals surface area contributed by atoms with Crippen LogP contribution in [0.2, 0.25) is 0 Å². The Morgan fingerprint density at radius 1 is 0.862 bits per heavy atom. The number of unbranched alkanes of at least 4 members (excludes halogenated alkanes) is 14. The molecule has 0 N–H and O–H groups in total. The Morgan fingerprint density at radius 3 is 1.86 bits per heavy atom. The third-order valence-electron chi connectivity index (χ3n) is 6.24. The zero-order chi connectivity index (χ0) is 21.0. The van der Waals surface area contributed by atoms with Crippen LogP contribution in [0.5, 0.6) is 0 Å². The molecule has 0 saturated carbocycles. The number of carbonyl (C=O) groups is 1. The molecular weight excluding hydrogens is 360 g/mol. The van der Waals surface area contributed by atoms with E-state index >= 15 is 0 Å². The second kappa shape index (κ2) is 19.4. The van der Waals surface area contributed by atoms with Crippen LogP contribution in [-0.2, 0) is 14.3 Å². The summed E-state index contributed by atoms with van der Waals surface area (Å²) in [4.78, 5) is 11.9. The van der Waals surface area contributed by atoms with Crippen molar-refractivity contribution in [2.75, 3.05) is 6.61 Å². The molecule has 0 spiro atoms. The Bertz CT molecular complexity index is 363. The van der Waals surface area contributed by atoms with Crippen molar-refractivity contribution in [3.63, 3.8) is 0 Å². The summed E-state index contributed by atoms with van der Waals surface area (Å²) in [7, 11) is 0. The molecule has 0 unspecified atom stereocenters. The summed E-state index contributed by atoms with van der Waals surface area (Å²) in [6.45, 7) is 5.20. The van der Waals surface area contributed by atoms with E-state index in [-0.39, 0.29) is 12.1 Å². The van der Waals surface area contributed by atoms with Gasteiger partial charge < -0.3 is 9.47 Å². The fraction of sp³-hybridized carbons (Fsp3) is 0.962. The minimum absolute atomic E-state index is 0.0143. The van der Waals surface area contributed by atoms with Crippen LogP contribution in [0.25, 0.3) is 0 Å². The minimum atomic E-state index is -0.0143. The Labute approximate surface area is 181 Å². The fourth-order valence-electron chi connectivity index (χ4n) is 4.28. The first kappa shape index (κ1) is 26.5. The molecule has 172 valence electrons. The maximum Gasteiger partial charge on any atom is 0.306 e. The van der Waals surface area contributed by atoms with E-state index in [0.717, 1.165) is 32.3 Å². The summed E-state index contributed by atoms with van der Waals surface area (Å²) in [6, 6.07) is 0. The Morgan fingerprint density at radius 2 is 1.38 bits per heavy atom. The molecule has 1 aliphatic rings. The molecule has 1 heterocycles. The average Bonchev–Trinajstić information content (AvgIpc) is 3.23. The van der Waals surface area contributed by atoms with Crippen molar-refractivity contribution >= 4 is 5.97 Å². The second-order valence-corrected chi connectivity index (χ2v) is 9.21. The summed E-state index contributed by atoms with van der Waals surface area (Å²) in [6.07, 6.45) is 25.6. The summed E-state index contributed by atoms with van der Waals surface area (Å²) in [5.41, 5.74) is 0. The van der Waals surface area contributed by atoms with Gasteiger partial charge >= 0.3 is 5.97 Å². The van der Waals surface area contributed by atoms with E-state index in [0.29, 0.717) is 12.5 Å². The zero-order valence-electron chi connectivity index (χ0n) is 19.7. The Kier molecular flexibility index (Phi) is 17.7. The van der Waals surface area contributed by atoms with E-state index in [1.807, 2.05) is 6.92 Å². The van der Waals surface area contributed by atoms with Crippen LogP contribution in [0, 0.1) is 0 Å². The van der Waals surface area contributed by atoms with Crippen LogP contribution >= 0.6 is 0 Å². The molecule has 3 heteroatoms. The van der Waals surface area contributed by atoms with Crippen LogP contribution in [-0.4, -0.2) is 24.8 Å². The predicted octanol–water partition coefficient (Wildman–Crippen LogP) is 8.14. The van der Waals surface area contributed by atoms with E-state index in [1.54, 1.807) is 0 Å². The molecule has 1 fully saturated rings. The van der Waals surface area contributed by atoms with Gasteiger partial charge in [-0.25, -0.2) is 0 Å². The lowest BCUT2D eigenvalue weighted by molar-refractivity contribution is -0.148. The van der Waals surface area contributed by atoms with Crippen LogP contribution in [0.4, 0.5) is 0 Å². The molecule has 0 aromatic rings. The summed E-state index contributed by atoms with van der Waals surface area (Å²) >= 11 is 0. The van der Waals surface area contributed by atoms with Crippen molar-refractivity contribution in [2.45, 2.75) is 154 Å². The topological polar surface area (TPSA) is 35.5 Å². The molecule has 0 aromatic carbocycles. The summed E-state index contributed by atoms with van der Waals surface area (Å²) in [5, 5.41) is 0. The maximum atomic E-state index is 11.9. The number of ether oxygens (including phenoxy) is 2. The molecule has 0 aromatic heterocycles. The third-order valence-corrected chi connectivity index (χ3v) is 6.24. The van der Waals surface area contributed by atoms with E-state index < -0.39 is 0 Å². The highest BCUT2D eigenvalue weighted by Gasteiger charge is 2.17. The number of rotatable bonds is 20. The third kappa shape index (κ3) is 16.9. The second-order valence-electron chi connectivity index (χ2n) is 9.21. The maximum absolute atomic E-state index is 11.9. The zero-order valence-corrected chi connectivity index (χ0v) is 19.7. The van der Waals surface area contributed by atoms with E-state index in [9.17, 15) is 4.79 Å². The van der Waals surface area contributed by atoms with Crippen LogP contribution in [0.15, 0.2) is 0 Å². The van der Waals surface area contributed by atoms with Gasteiger partial charge in [0.1, 0.15) is 0 Å². The first-order chi connectivity index (χ1) is 14.2. The van der Waals surface area contributed by atoms with Crippen molar-refractivity contribution in [3.05, 3.63) is 0 Å². The van der Waals surface area contributed by atoms with Crippen LogP contribution in [0.3, 0.4) is 0 Å². The van der Waals surface area contributed by atoms with Crippen molar-refractivity contribution < 1.29 is 14.3 Å². The van der Waals surface area contributed by atoms with Crippen LogP contribution < -0.4 is 0 Å². The molecule has 0 bridgehead atoms. The van der Waals surface area contributed by atoms with Gasteiger partial charge in [-0.05, 0) is 39.0 Å². The van der Waals surface area contributed by atoms with E-state index in [4.69, 9.17) is 9.47 Å². The molecule has 0 aliphatic carbocycles. The Hall–Kier alpha value is -0.570. The normalized spacial score (nSPS) is 17.5. The van der Waals surface area contributed by atoms with Gasteiger partial charge in [0.2, 0.25) is 0 Å². The highest BCUT2D eigenvalue weighted by Crippen LogP contribution is 2.19. The van der Waals surface area contributed by atoms with Gasteiger partial charge in [0, 0.05) is 13.0 Å². The molecular formula is C26H50O3. The standard InChI is InChI=1S/C26H50O3/c1-3-4-5-6-7-8-9-10-11-12-13-14-15-16-17-20-26(27)29-24(2)21-22-25-19-18-23-28-25/h24-25H,3-23H2,1-2H3/t24-,25+/m0/s1. The minimum Gasteiger partial charge on any atom is -0.463 e. The SMILES string of the molecule is CCCCCCCCCCCCCCCCCC(=O)O[C@@H](C)CC[C@H]1CCCO1. The van der Waals surface area contributed by atoms with Crippen molar-refractivity contribution in [1.29, 1.82) is 0 Å². The van der Waals surface area contributed by atoms with Gasteiger partial charge in [-0.15, -0.1) is 0 Å². The monoisotopic (exact) mass is 410 g/mol. The van der Waals surface area contributed by atoms with E-state index in [2.05, 4.69) is 6.92 Å². The highest BCUT2D eigenvalue weighted by atomic mass is 16.5. The molecule has 1 aliphatic heterocycles. The molecule has 2 atom stereocenters. The molecule has 1 saturated heterocycles. The number of hydrogen-bond acceptors (Lipinski definition) is 3. The first-order valence-corrected chi connectivity index (χ1v) is 13.0.